The predicted molar refractivity (Wildman–Crippen MR) is 109 cm³/mol. The SMILES string of the molecule is C[C@H]1CC[C@H](c2cccc(F)c2)N(C(=O)C(=O)Nc2cnc(N)c(C=N)c2N)C1. The Bertz CT molecular complexity index is 964. The molecule has 0 spiro atoms. The Morgan fingerprint density at radius 1 is 1.34 bits per heavy atom. The second-order valence-electron chi connectivity index (χ2n) is 7.19. The Kier molecular flexibility index (Phi) is 5.76. The average molecular weight is 398 g/mol. The highest BCUT2D eigenvalue weighted by Gasteiger charge is 2.34. The normalized spacial score (nSPS) is 18.9. The van der Waals surface area contributed by atoms with Gasteiger partial charge in [-0.2, -0.15) is 0 Å². The van der Waals surface area contributed by atoms with E-state index < -0.39 is 17.6 Å². The number of benzene rings is 1. The molecule has 2 atom stereocenters. The summed E-state index contributed by atoms with van der Waals surface area (Å²) in [4.78, 5) is 30.9. The molecule has 2 aromatic rings. The number of piperidine rings is 1. The molecule has 0 aliphatic carbocycles. The molecule has 29 heavy (non-hydrogen) atoms. The van der Waals surface area contributed by atoms with Gasteiger partial charge in [0.1, 0.15) is 11.6 Å². The summed E-state index contributed by atoms with van der Waals surface area (Å²) in [6.45, 7) is 2.38. The van der Waals surface area contributed by atoms with Gasteiger partial charge in [0.25, 0.3) is 0 Å². The molecule has 1 aliphatic heterocycles. The number of amides is 2. The molecule has 9 heteroatoms. The van der Waals surface area contributed by atoms with Crippen LogP contribution < -0.4 is 16.8 Å². The maximum atomic E-state index is 13.7. The first-order valence-electron chi connectivity index (χ1n) is 9.23. The van der Waals surface area contributed by atoms with Crippen molar-refractivity contribution in [2.45, 2.75) is 25.8 Å². The van der Waals surface area contributed by atoms with E-state index in [9.17, 15) is 14.0 Å². The van der Waals surface area contributed by atoms with E-state index in [1.54, 1.807) is 12.1 Å². The van der Waals surface area contributed by atoms with Gasteiger partial charge in [-0.15, -0.1) is 0 Å². The molecule has 1 aromatic heterocycles. The lowest BCUT2D eigenvalue weighted by molar-refractivity contribution is -0.146. The molecule has 6 N–H and O–H groups in total. The smallest absolute Gasteiger partial charge is 0.314 e. The molecule has 0 radical (unpaired) electrons. The fourth-order valence-electron chi connectivity index (χ4n) is 3.55. The van der Waals surface area contributed by atoms with Crippen LogP contribution in [0, 0.1) is 17.1 Å². The number of halogens is 1. The van der Waals surface area contributed by atoms with Crippen LogP contribution in [0.4, 0.5) is 21.6 Å². The van der Waals surface area contributed by atoms with Crippen LogP contribution in [-0.2, 0) is 9.59 Å². The molecular formula is C20H23FN6O2. The van der Waals surface area contributed by atoms with E-state index in [-0.39, 0.29) is 34.7 Å². The van der Waals surface area contributed by atoms with E-state index in [4.69, 9.17) is 16.9 Å². The molecule has 1 saturated heterocycles. The van der Waals surface area contributed by atoms with Crippen molar-refractivity contribution in [2.24, 2.45) is 5.92 Å². The number of carbonyl (C=O) groups excluding carboxylic acids is 2. The summed E-state index contributed by atoms with van der Waals surface area (Å²) in [6, 6.07) is 5.67. The summed E-state index contributed by atoms with van der Waals surface area (Å²) < 4.78 is 13.7. The number of nitrogens with one attached hydrogen (secondary N) is 2. The Balaban J connectivity index is 1.84. The van der Waals surface area contributed by atoms with Crippen molar-refractivity contribution < 1.29 is 14.0 Å². The molecular weight excluding hydrogens is 375 g/mol. The van der Waals surface area contributed by atoms with Crippen molar-refractivity contribution in [3.05, 3.63) is 47.4 Å². The Morgan fingerprint density at radius 3 is 2.79 bits per heavy atom. The number of hydrogen-bond acceptors (Lipinski definition) is 6. The number of pyridine rings is 1. The highest BCUT2D eigenvalue weighted by Crippen LogP contribution is 2.34. The van der Waals surface area contributed by atoms with Crippen LogP contribution >= 0.6 is 0 Å². The molecule has 3 rings (SSSR count). The number of nitrogens with zero attached hydrogens (tertiary/aromatic N) is 2. The predicted octanol–water partition coefficient (Wildman–Crippen LogP) is 2.32. The topological polar surface area (TPSA) is 138 Å². The fraction of sp³-hybridized carbons (Fsp3) is 0.300. The Labute approximate surface area is 167 Å². The molecule has 2 amide bonds. The van der Waals surface area contributed by atoms with E-state index >= 15 is 0 Å². The van der Waals surface area contributed by atoms with Gasteiger partial charge in [0.05, 0.1) is 29.2 Å². The number of hydrogen-bond donors (Lipinski definition) is 4. The van der Waals surface area contributed by atoms with Gasteiger partial charge in [0.15, 0.2) is 0 Å². The first kappa shape index (κ1) is 20.2. The highest BCUT2D eigenvalue weighted by molar-refractivity contribution is 6.40. The van der Waals surface area contributed by atoms with Crippen molar-refractivity contribution in [3.8, 4) is 0 Å². The maximum absolute atomic E-state index is 13.7. The lowest BCUT2D eigenvalue weighted by atomic mass is 9.89. The summed E-state index contributed by atoms with van der Waals surface area (Å²) in [5.74, 6) is -1.74. The summed E-state index contributed by atoms with van der Waals surface area (Å²) in [7, 11) is 0. The Hall–Kier alpha value is -3.49. The lowest BCUT2D eigenvalue weighted by Crippen LogP contribution is -2.46. The number of nitrogens with two attached hydrogens (primary N) is 2. The first-order chi connectivity index (χ1) is 13.8. The number of anilines is 3. The van der Waals surface area contributed by atoms with Crippen molar-refractivity contribution in [2.75, 3.05) is 23.3 Å². The van der Waals surface area contributed by atoms with E-state index in [2.05, 4.69) is 10.3 Å². The minimum absolute atomic E-state index is 0.0536. The van der Waals surface area contributed by atoms with Crippen molar-refractivity contribution in [1.82, 2.24) is 9.88 Å². The van der Waals surface area contributed by atoms with Crippen LogP contribution in [0.2, 0.25) is 0 Å². The molecule has 1 fully saturated rings. The van der Waals surface area contributed by atoms with Crippen LogP contribution in [0.15, 0.2) is 30.5 Å². The van der Waals surface area contributed by atoms with Gasteiger partial charge in [-0.1, -0.05) is 19.1 Å². The van der Waals surface area contributed by atoms with E-state index in [1.165, 1.54) is 23.2 Å². The Morgan fingerprint density at radius 2 is 2.10 bits per heavy atom. The minimum Gasteiger partial charge on any atom is -0.396 e. The molecule has 0 unspecified atom stereocenters. The van der Waals surface area contributed by atoms with Crippen LogP contribution in [0.1, 0.15) is 36.9 Å². The third-order valence-corrected chi connectivity index (χ3v) is 5.09. The molecule has 0 bridgehead atoms. The van der Waals surface area contributed by atoms with E-state index in [0.717, 1.165) is 12.6 Å². The first-order valence-corrected chi connectivity index (χ1v) is 9.23. The van der Waals surface area contributed by atoms with Crippen LogP contribution in [0.5, 0.6) is 0 Å². The van der Waals surface area contributed by atoms with Crippen molar-refractivity contribution in [1.29, 1.82) is 5.41 Å². The standard InChI is InChI=1S/C20H23FN6O2/c1-11-5-6-16(12-3-2-4-13(21)7-12)27(10-11)20(29)19(28)26-15-9-25-18(24)14(8-22)17(15)23/h2-4,7-9,11,16,22H,5-6,10H2,1H3,(H,26,28)(H4,23,24,25)/t11-,16+/m0/s1. The number of nitrogen functional groups attached to an aromatic ring is 2. The second kappa shape index (κ2) is 8.26. The quantitative estimate of drug-likeness (QED) is 0.464. The summed E-state index contributed by atoms with van der Waals surface area (Å²) in [5.41, 5.74) is 12.6. The van der Waals surface area contributed by atoms with Gasteiger partial charge < -0.3 is 27.1 Å². The van der Waals surface area contributed by atoms with E-state index in [0.29, 0.717) is 18.5 Å². The fourth-order valence-corrected chi connectivity index (χ4v) is 3.55. The van der Waals surface area contributed by atoms with Crippen LogP contribution in [-0.4, -0.2) is 34.5 Å². The molecule has 152 valence electrons. The van der Waals surface area contributed by atoms with Crippen molar-refractivity contribution in [3.63, 3.8) is 0 Å². The largest absolute Gasteiger partial charge is 0.396 e. The molecule has 1 aliphatic rings. The van der Waals surface area contributed by atoms with Gasteiger partial charge in [0.2, 0.25) is 0 Å². The average Bonchev–Trinajstić information content (AvgIpc) is 2.69. The van der Waals surface area contributed by atoms with Crippen molar-refractivity contribution >= 4 is 35.2 Å². The monoisotopic (exact) mass is 398 g/mol. The maximum Gasteiger partial charge on any atom is 0.314 e. The zero-order valence-electron chi connectivity index (χ0n) is 16.0. The van der Waals surface area contributed by atoms with Crippen LogP contribution in [0.25, 0.3) is 0 Å². The molecule has 8 nitrogen and oxygen atoms in total. The third kappa shape index (κ3) is 4.18. The molecule has 2 heterocycles. The lowest BCUT2D eigenvalue weighted by Gasteiger charge is -2.38. The van der Waals surface area contributed by atoms with Gasteiger partial charge in [0, 0.05) is 12.8 Å². The highest BCUT2D eigenvalue weighted by atomic mass is 19.1. The summed E-state index contributed by atoms with van der Waals surface area (Å²) >= 11 is 0. The summed E-state index contributed by atoms with van der Waals surface area (Å²) in [6.07, 6.45) is 3.67. The molecule has 1 aromatic carbocycles. The second-order valence-corrected chi connectivity index (χ2v) is 7.19. The zero-order chi connectivity index (χ0) is 21.1. The zero-order valence-corrected chi connectivity index (χ0v) is 16.0. The van der Waals surface area contributed by atoms with Gasteiger partial charge in [-0.3, -0.25) is 9.59 Å². The molecule has 0 saturated carbocycles. The van der Waals surface area contributed by atoms with Crippen LogP contribution in [0.3, 0.4) is 0 Å². The van der Waals surface area contributed by atoms with Gasteiger partial charge in [-0.05, 0) is 36.5 Å². The summed E-state index contributed by atoms with van der Waals surface area (Å²) in [5, 5.41) is 9.82. The van der Waals surface area contributed by atoms with Gasteiger partial charge >= 0.3 is 11.8 Å². The minimum atomic E-state index is -0.880. The number of likely N-dealkylation sites (tertiary alicyclic amines) is 1. The number of aromatic nitrogens is 1. The number of carbonyl (C=O) groups is 2. The van der Waals surface area contributed by atoms with Gasteiger partial charge in [-0.25, -0.2) is 9.37 Å². The van der Waals surface area contributed by atoms with E-state index in [1.807, 2.05) is 6.92 Å². The third-order valence-electron chi connectivity index (χ3n) is 5.09. The number of rotatable bonds is 3.